The van der Waals surface area contributed by atoms with E-state index in [1.165, 1.54) is 19.3 Å². The van der Waals surface area contributed by atoms with Gasteiger partial charge in [-0.25, -0.2) is 0 Å². The third-order valence-electron chi connectivity index (χ3n) is 2.54. The van der Waals surface area contributed by atoms with Gasteiger partial charge >= 0.3 is 0 Å². The quantitative estimate of drug-likeness (QED) is 0.508. The van der Waals surface area contributed by atoms with Crippen molar-refractivity contribution >= 4 is 0 Å². The first-order chi connectivity index (χ1) is 6.22. The van der Waals surface area contributed by atoms with E-state index in [9.17, 15) is 0 Å². The van der Waals surface area contributed by atoms with Gasteiger partial charge in [-0.2, -0.15) is 0 Å². The molecule has 0 aromatic carbocycles. The Morgan fingerprint density at radius 1 is 1.15 bits per heavy atom. The summed E-state index contributed by atoms with van der Waals surface area (Å²) in [6, 6.07) is 0. The average molecular weight is 180 g/mol. The van der Waals surface area contributed by atoms with Gasteiger partial charge in [0.2, 0.25) is 0 Å². The van der Waals surface area contributed by atoms with Crippen LogP contribution in [0.25, 0.3) is 0 Å². The molecule has 0 heterocycles. The summed E-state index contributed by atoms with van der Waals surface area (Å²) in [7, 11) is 0. The summed E-state index contributed by atoms with van der Waals surface area (Å²) < 4.78 is 0. The molecule has 0 aliphatic heterocycles. The predicted molar refractivity (Wildman–Crippen MR) is 61.3 cm³/mol. The highest BCUT2D eigenvalue weighted by Gasteiger charge is 2.10. The van der Waals surface area contributed by atoms with E-state index in [0.717, 1.165) is 24.7 Å². The SMILES string of the molecule is [CH2]C/C=C/CC(CCC[CH2])C(C)C. The van der Waals surface area contributed by atoms with Crippen LogP contribution in [0.3, 0.4) is 0 Å². The molecule has 0 amide bonds. The van der Waals surface area contributed by atoms with Crippen molar-refractivity contribution < 1.29 is 0 Å². The fourth-order valence-corrected chi connectivity index (χ4v) is 1.52. The van der Waals surface area contributed by atoms with E-state index >= 15 is 0 Å². The van der Waals surface area contributed by atoms with Crippen LogP contribution in [-0.2, 0) is 0 Å². The van der Waals surface area contributed by atoms with Gasteiger partial charge in [-0.3, -0.25) is 0 Å². The Labute approximate surface area is 84.4 Å². The van der Waals surface area contributed by atoms with Crippen LogP contribution in [0.1, 0.15) is 46.0 Å². The summed E-state index contributed by atoms with van der Waals surface area (Å²) in [6.07, 6.45) is 10.2. The molecule has 0 N–H and O–H groups in total. The molecular formula is C13H24. The van der Waals surface area contributed by atoms with E-state index in [2.05, 4.69) is 39.8 Å². The molecule has 0 heteroatoms. The highest BCUT2D eigenvalue weighted by atomic mass is 14.2. The zero-order valence-corrected chi connectivity index (χ0v) is 9.26. The lowest BCUT2D eigenvalue weighted by Gasteiger charge is -2.18. The lowest BCUT2D eigenvalue weighted by atomic mass is 9.88. The van der Waals surface area contributed by atoms with Crippen molar-refractivity contribution in [2.75, 3.05) is 0 Å². The lowest BCUT2D eigenvalue weighted by Crippen LogP contribution is -2.07. The van der Waals surface area contributed by atoms with Gasteiger partial charge < -0.3 is 0 Å². The van der Waals surface area contributed by atoms with Crippen molar-refractivity contribution in [3.63, 3.8) is 0 Å². The number of rotatable bonds is 7. The van der Waals surface area contributed by atoms with Gasteiger partial charge in [-0.05, 0) is 38.0 Å². The van der Waals surface area contributed by atoms with Crippen molar-refractivity contribution in [1.82, 2.24) is 0 Å². The molecule has 0 bridgehead atoms. The van der Waals surface area contributed by atoms with Crippen LogP contribution in [0.4, 0.5) is 0 Å². The molecule has 0 aliphatic carbocycles. The highest BCUT2D eigenvalue weighted by molar-refractivity contribution is 4.85. The van der Waals surface area contributed by atoms with Gasteiger partial charge in [0.15, 0.2) is 0 Å². The molecule has 0 aromatic rings. The van der Waals surface area contributed by atoms with E-state index in [-0.39, 0.29) is 0 Å². The molecule has 0 saturated heterocycles. The topological polar surface area (TPSA) is 0 Å². The first-order valence-corrected chi connectivity index (χ1v) is 5.45. The van der Waals surface area contributed by atoms with Crippen molar-refractivity contribution in [2.45, 2.75) is 46.0 Å². The molecule has 2 radical (unpaired) electrons. The Kier molecular flexibility index (Phi) is 8.18. The maximum atomic E-state index is 3.89. The Balaban J connectivity index is 3.73. The van der Waals surface area contributed by atoms with Gasteiger partial charge in [-0.15, -0.1) is 0 Å². The second-order valence-corrected chi connectivity index (χ2v) is 4.00. The summed E-state index contributed by atoms with van der Waals surface area (Å²) in [5.41, 5.74) is 0. The van der Waals surface area contributed by atoms with E-state index in [0.29, 0.717) is 0 Å². The zero-order valence-electron chi connectivity index (χ0n) is 9.26. The van der Waals surface area contributed by atoms with Crippen LogP contribution in [-0.4, -0.2) is 0 Å². The Bertz CT molecular complexity index is 122. The third kappa shape index (κ3) is 6.86. The van der Waals surface area contributed by atoms with Crippen molar-refractivity contribution in [3.05, 3.63) is 26.0 Å². The Morgan fingerprint density at radius 3 is 2.31 bits per heavy atom. The molecule has 0 rings (SSSR count). The molecule has 0 saturated carbocycles. The van der Waals surface area contributed by atoms with Crippen molar-refractivity contribution in [2.24, 2.45) is 11.8 Å². The molecule has 1 atom stereocenters. The van der Waals surface area contributed by atoms with Crippen LogP contribution in [0.15, 0.2) is 12.2 Å². The monoisotopic (exact) mass is 180 g/mol. The van der Waals surface area contributed by atoms with E-state index in [1.54, 1.807) is 0 Å². The normalized spacial score (nSPS) is 14.2. The Hall–Kier alpha value is -0.260. The van der Waals surface area contributed by atoms with Crippen LogP contribution in [0.5, 0.6) is 0 Å². The molecular weight excluding hydrogens is 156 g/mol. The summed E-state index contributed by atoms with van der Waals surface area (Å²) >= 11 is 0. The number of unbranched alkanes of at least 4 members (excludes halogenated alkanes) is 1. The molecule has 13 heavy (non-hydrogen) atoms. The average Bonchev–Trinajstić information content (AvgIpc) is 2.10. The van der Waals surface area contributed by atoms with E-state index in [4.69, 9.17) is 0 Å². The molecule has 0 nitrogen and oxygen atoms in total. The summed E-state index contributed by atoms with van der Waals surface area (Å²) in [5, 5.41) is 0. The smallest absolute Gasteiger partial charge is 0.0320 e. The van der Waals surface area contributed by atoms with Gasteiger partial charge in [-0.1, -0.05) is 45.8 Å². The van der Waals surface area contributed by atoms with Crippen LogP contribution in [0, 0.1) is 25.7 Å². The first-order valence-electron chi connectivity index (χ1n) is 5.45. The number of hydrogen-bond acceptors (Lipinski definition) is 0. The van der Waals surface area contributed by atoms with Crippen LogP contribution < -0.4 is 0 Å². The van der Waals surface area contributed by atoms with E-state index < -0.39 is 0 Å². The molecule has 0 fully saturated rings. The standard InChI is InChI=1S/C13H24/c1-5-7-9-11-13(12(3)4)10-8-6-2/h7,9,12-13H,1-2,5-6,8,10-11H2,3-4H3/b9-7+. The molecule has 0 spiro atoms. The minimum atomic E-state index is 0.793. The maximum Gasteiger partial charge on any atom is -0.0320 e. The summed E-state index contributed by atoms with van der Waals surface area (Å²) in [5.74, 6) is 1.63. The predicted octanol–water partition coefficient (Wildman–Crippen LogP) is 4.43. The number of allylic oxidation sites excluding steroid dienone is 2. The number of hydrogen-bond donors (Lipinski definition) is 0. The lowest BCUT2D eigenvalue weighted by molar-refractivity contribution is 0.355. The van der Waals surface area contributed by atoms with Gasteiger partial charge in [0.05, 0.1) is 0 Å². The molecule has 0 aliphatic rings. The largest absolute Gasteiger partial charge is 0.0885 e. The minimum absolute atomic E-state index is 0.793. The minimum Gasteiger partial charge on any atom is -0.0885 e. The zero-order chi connectivity index (χ0) is 10.1. The third-order valence-corrected chi connectivity index (χ3v) is 2.54. The summed E-state index contributed by atoms with van der Waals surface area (Å²) in [4.78, 5) is 0. The van der Waals surface area contributed by atoms with Gasteiger partial charge in [0, 0.05) is 0 Å². The molecule has 1 unspecified atom stereocenters. The maximum absolute atomic E-state index is 3.89. The fraction of sp³-hybridized carbons (Fsp3) is 0.692. The molecule has 0 aromatic heterocycles. The van der Waals surface area contributed by atoms with Crippen LogP contribution >= 0.6 is 0 Å². The first kappa shape index (κ1) is 12.7. The van der Waals surface area contributed by atoms with Gasteiger partial charge in [0.25, 0.3) is 0 Å². The van der Waals surface area contributed by atoms with Crippen molar-refractivity contribution in [3.8, 4) is 0 Å². The molecule has 76 valence electrons. The van der Waals surface area contributed by atoms with Crippen molar-refractivity contribution in [1.29, 1.82) is 0 Å². The van der Waals surface area contributed by atoms with Crippen LogP contribution in [0.2, 0.25) is 0 Å². The fourth-order valence-electron chi connectivity index (χ4n) is 1.52. The highest BCUT2D eigenvalue weighted by Crippen LogP contribution is 2.22. The van der Waals surface area contributed by atoms with Gasteiger partial charge in [0.1, 0.15) is 0 Å². The Morgan fingerprint density at radius 2 is 1.85 bits per heavy atom. The second-order valence-electron chi connectivity index (χ2n) is 4.00. The second kappa shape index (κ2) is 8.34. The summed E-state index contributed by atoms with van der Waals surface area (Å²) in [6.45, 7) is 12.3. The van der Waals surface area contributed by atoms with E-state index in [1.807, 2.05) is 0 Å².